The molecular weight excluding hydrogens is 250 g/mol. The molecule has 4 saturated carbocycles. The number of carbonyl (C=O) groups excluding carboxylic acids is 1. The summed E-state index contributed by atoms with van der Waals surface area (Å²) < 4.78 is 0. The third-order valence-corrected chi connectivity index (χ3v) is 5.83. The molecule has 106 valence electrons. The summed E-state index contributed by atoms with van der Waals surface area (Å²) in [5.41, 5.74) is 6.92. The maximum absolute atomic E-state index is 11.7. The normalized spacial score (nSPS) is 41.9. The van der Waals surface area contributed by atoms with Gasteiger partial charge in [-0.05, 0) is 67.4 Å². The Kier molecular flexibility index (Phi) is 2.53. The van der Waals surface area contributed by atoms with E-state index in [-0.39, 0.29) is 5.91 Å². The molecule has 5 atom stereocenters. The van der Waals surface area contributed by atoms with Crippen LogP contribution in [-0.2, 0) is 0 Å². The number of rotatable bonds is 2. The molecule has 0 saturated heterocycles. The first kappa shape index (κ1) is 12.4. The van der Waals surface area contributed by atoms with E-state index in [0.717, 1.165) is 24.8 Å². The fraction of sp³-hybridized carbons (Fsp3) is 0.588. The van der Waals surface area contributed by atoms with Crippen LogP contribution in [0.15, 0.2) is 24.3 Å². The molecule has 3 heteroatoms. The van der Waals surface area contributed by atoms with Crippen molar-refractivity contribution in [3.63, 3.8) is 0 Å². The lowest BCUT2D eigenvalue weighted by Crippen LogP contribution is -2.53. The van der Waals surface area contributed by atoms with Crippen LogP contribution in [0.5, 0.6) is 0 Å². The van der Waals surface area contributed by atoms with E-state index in [0.29, 0.717) is 29.2 Å². The number of carbonyl (C=O) groups is 1. The van der Waals surface area contributed by atoms with E-state index in [4.69, 9.17) is 5.73 Å². The van der Waals surface area contributed by atoms with Gasteiger partial charge in [0.05, 0.1) is 5.60 Å². The third kappa shape index (κ3) is 1.72. The van der Waals surface area contributed by atoms with Gasteiger partial charge >= 0.3 is 0 Å². The molecule has 3 nitrogen and oxygen atoms in total. The summed E-state index contributed by atoms with van der Waals surface area (Å²) in [5.74, 6) is 1.82. The minimum atomic E-state index is -0.422. The Balaban J connectivity index is 1.75. The van der Waals surface area contributed by atoms with Crippen LogP contribution in [0.1, 0.15) is 53.9 Å². The zero-order chi connectivity index (χ0) is 13.9. The molecule has 4 fully saturated rings. The Bertz CT molecular complexity index is 552. The van der Waals surface area contributed by atoms with Gasteiger partial charge in [0.2, 0.25) is 5.91 Å². The molecule has 0 aliphatic heterocycles. The summed E-state index contributed by atoms with van der Waals surface area (Å²) in [6, 6.07) is 7.79. The summed E-state index contributed by atoms with van der Waals surface area (Å²) in [7, 11) is 0. The molecule has 1 aromatic rings. The highest BCUT2D eigenvalue weighted by atomic mass is 16.3. The maximum Gasteiger partial charge on any atom is 0.248 e. The number of hydrogen-bond donors (Lipinski definition) is 2. The van der Waals surface area contributed by atoms with Crippen LogP contribution in [0, 0.1) is 17.8 Å². The van der Waals surface area contributed by atoms with Crippen molar-refractivity contribution < 1.29 is 9.90 Å². The van der Waals surface area contributed by atoms with E-state index in [2.05, 4.69) is 6.07 Å². The van der Waals surface area contributed by atoms with Crippen molar-refractivity contribution in [2.75, 3.05) is 0 Å². The second-order valence-corrected chi connectivity index (χ2v) is 7.17. The van der Waals surface area contributed by atoms with E-state index in [1.165, 1.54) is 12.8 Å². The molecule has 20 heavy (non-hydrogen) atoms. The van der Waals surface area contributed by atoms with Crippen LogP contribution in [0.25, 0.3) is 0 Å². The zero-order valence-electron chi connectivity index (χ0n) is 11.6. The minimum absolute atomic E-state index is 0.326. The molecule has 3 N–H and O–H groups in total. The molecule has 4 bridgehead atoms. The molecule has 0 spiro atoms. The van der Waals surface area contributed by atoms with Crippen molar-refractivity contribution in [2.45, 2.75) is 43.6 Å². The fourth-order valence-electron chi connectivity index (χ4n) is 5.50. The van der Waals surface area contributed by atoms with E-state index in [9.17, 15) is 9.90 Å². The molecule has 5 rings (SSSR count). The highest BCUT2D eigenvalue weighted by molar-refractivity contribution is 5.94. The summed E-state index contributed by atoms with van der Waals surface area (Å²) in [4.78, 5) is 11.7. The van der Waals surface area contributed by atoms with Gasteiger partial charge in [-0.1, -0.05) is 18.2 Å². The van der Waals surface area contributed by atoms with E-state index < -0.39 is 5.60 Å². The molecule has 3 unspecified atom stereocenters. The van der Waals surface area contributed by atoms with Crippen LogP contribution in [-0.4, -0.2) is 16.6 Å². The molecule has 0 radical (unpaired) electrons. The van der Waals surface area contributed by atoms with Gasteiger partial charge in [-0.3, -0.25) is 4.79 Å². The Hall–Kier alpha value is -1.35. The quantitative estimate of drug-likeness (QED) is 0.867. The van der Waals surface area contributed by atoms with Crippen molar-refractivity contribution in [2.24, 2.45) is 23.5 Å². The van der Waals surface area contributed by atoms with Crippen LogP contribution < -0.4 is 5.73 Å². The molecule has 0 heterocycles. The minimum Gasteiger partial charge on any atom is -0.390 e. The number of nitrogens with two attached hydrogens (primary N) is 1. The number of benzene rings is 1. The number of aliphatic hydroxyl groups is 1. The maximum atomic E-state index is 11.7. The Morgan fingerprint density at radius 1 is 1.15 bits per heavy atom. The monoisotopic (exact) mass is 271 g/mol. The smallest absolute Gasteiger partial charge is 0.248 e. The van der Waals surface area contributed by atoms with Gasteiger partial charge in [0.15, 0.2) is 0 Å². The Morgan fingerprint density at radius 2 is 1.80 bits per heavy atom. The zero-order valence-corrected chi connectivity index (χ0v) is 11.6. The molecule has 4 aliphatic rings. The topological polar surface area (TPSA) is 63.3 Å². The SMILES string of the molecule is NC(=O)c1ccccc1C1[C@@H]2CC3C[C@H]1CC(O)(C3)C2. The highest BCUT2D eigenvalue weighted by Gasteiger charge is 2.55. The highest BCUT2D eigenvalue weighted by Crippen LogP contribution is 2.61. The van der Waals surface area contributed by atoms with Crippen molar-refractivity contribution in [3.8, 4) is 0 Å². The number of hydrogen-bond acceptors (Lipinski definition) is 2. The fourth-order valence-corrected chi connectivity index (χ4v) is 5.50. The number of amides is 1. The molecule has 1 aromatic carbocycles. The molecule has 4 aliphatic carbocycles. The summed E-state index contributed by atoms with van der Waals surface area (Å²) in [6.07, 6.45) is 5.20. The first-order valence-electron chi connectivity index (χ1n) is 7.67. The van der Waals surface area contributed by atoms with Crippen LogP contribution in [0.3, 0.4) is 0 Å². The Morgan fingerprint density at radius 3 is 2.40 bits per heavy atom. The second kappa shape index (κ2) is 4.08. The second-order valence-electron chi connectivity index (χ2n) is 7.17. The van der Waals surface area contributed by atoms with E-state index >= 15 is 0 Å². The van der Waals surface area contributed by atoms with Gasteiger partial charge in [0.25, 0.3) is 0 Å². The lowest BCUT2D eigenvalue weighted by molar-refractivity contribution is -0.134. The van der Waals surface area contributed by atoms with Crippen LogP contribution in [0.2, 0.25) is 0 Å². The van der Waals surface area contributed by atoms with Crippen LogP contribution >= 0.6 is 0 Å². The number of primary amides is 1. The van der Waals surface area contributed by atoms with Gasteiger partial charge in [-0.2, -0.15) is 0 Å². The van der Waals surface area contributed by atoms with Gasteiger partial charge < -0.3 is 10.8 Å². The third-order valence-electron chi connectivity index (χ3n) is 5.83. The van der Waals surface area contributed by atoms with Gasteiger partial charge in [-0.25, -0.2) is 0 Å². The summed E-state index contributed by atoms with van der Waals surface area (Å²) in [6.45, 7) is 0. The lowest BCUT2D eigenvalue weighted by atomic mass is 9.49. The van der Waals surface area contributed by atoms with Crippen LogP contribution in [0.4, 0.5) is 0 Å². The van der Waals surface area contributed by atoms with Crippen molar-refractivity contribution >= 4 is 5.91 Å². The van der Waals surface area contributed by atoms with Crippen molar-refractivity contribution in [1.29, 1.82) is 0 Å². The Labute approximate surface area is 119 Å². The lowest BCUT2D eigenvalue weighted by Gasteiger charge is -2.58. The largest absolute Gasteiger partial charge is 0.390 e. The molecule has 1 amide bonds. The van der Waals surface area contributed by atoms with Gasteiger partial charge in [0.1, 0.15) is 0 Å². The first-order chi connectivity index (χ1) is 9.56. The first-order valence-corrected chi connectivity index (χ1v) is 7.67. The van der Waals surface area contributed by atoms with E-state index in [1.54, 1.807) is 0 Å². The predicted octanol–water partition coefficient (Wildman–Crippen LogP) is 2.44. The standard InChI is InChI=1S/C17H21NO2/c18-16(19)14-4-2-1-3-13(14)15-11-5-10-6-12(15)9-17(20,7-10)8-11/h1-4,10-12,15,20H,5-9H2,(H2,18,19)/t10?,11-,12+,15?,17?. The van der Waals surface area contributed by atoms with Crippen molar-refractivity contribution in [1.82, 2.24) is 0 Å². The predicted molar refractivity (Wildman–Crippen MR) is 76.2 cm³/mol. The van der Waals surface area contributed by atoms with E-state index in [1.807, 2.05) is 18.2 Å². The summed E-state index contributed by atoms with van der Waals surface area (Å²) >= 11 is 0. The van der Waals surface area contributed by atoms with Crippen molar-refractivity contribution in [3.05, 3.63) is 35.4 Å². The average Bonchev–Trinajstić information content (AvgIpc) is 2.36. The average molecular weight is 271 g/mol. The molecular formula is C17H21NO2. The summed E-state index contributed by atoms with van der Waals surface area (Å²) in [5, 5.41) is 10.7. The molecule has 0 aromatic heterocycles. The van der Waals surface area contributed by atoms with Gasteiger partial charge in [-0.15, -0.1) is 0 Å². The van der Waals surface area contributed by atoms with Gasteiger partial charge in [0, 0.05) is 5.56 Å².